The smallest absolute Gasteiger partial charge is 1.00 e. The summed E-state index contributed by atoms with van der Waals surface area (Å²) in [6.07, 6.45) is 9.82. The Morgan fingerprint density at radius 1 is 0.500 bits per heavy atom. The Labute approximate surface area is 201 Å². The SMILES string of the molecule is C1=C[CH]([Zr+2]([CH]2C=Cc3ccccc32)[CH](c2ccccc2)c2ccccc2)c2ccccc21.[H-].[H-]. The summed E-state index contributed by atoms with van der Waals surface area (Å²) in [7, 11) is 0. The second kappa shape index (κ2) is 8.64. The van der Waals surface area contributed by atoms with Crippen molar-refractivity contribution in [2.24, 2.45) is 0 Å². The Bertz CT molecular complexity index is 1200. The van der Waals surface area contributed by atoms with E-state index in [4.69, 9.17) is 0 Å². The average molecular weight is 491 g/mol. The second-order valence-electron chi connectivity index (χ2n) is 8.69. The first kappa shape index (κ1) is 19.9. The van der Waals surface area contributed by atoms with Gasteiger partial charge in [0.15, 0.2) is 0 Å². The fourth-order valence-electron chi connectivity index (χ4n) is 5.50. The van der Waals surface area contributed by atoms with Gasteiger partial charge in [0.05, 0.1) is 0 Å². The number of rotatable bonds is 5. The van der Waals surface area contributed by atoms with Gasteiger partial charge >= 0.3 is 200 Å². The molecule has 0 amide bonds. The van der Waals surface area contributed by atoms with Crippen molar-refractivity contribution in [3.63, 3.8) is 0 Å². The Morgan fingerprint density at radius 3 is 1.38 bits per heavy atom. The Hall–Kier alpha value is -2.76. The van der Waals surface area contributed by atoms with Crippen LogP contribution in [-0.4, -0.2) is 0 Å². The van der Waals surface area contributed by atoms with Gasteiger partial charge in [-0.25, -0.2) is 0 Å². The van der Waals surface area contributed by atoms with Crippen molar-refractivity contribution in [3.05, 3.63) is 155 Å². The largest absolute Gasteiger partial charge is 1.00 e. The zero-order valence-electron chi connectivity index (χ0n) is 19.9. The third-order valence-corrected chi connectivity index (χ3v) is 16.2. The van der Waals surface area contributed by atoms with Gasteiger partial charge < -0.3 is 2.85 Å². The van der Waals surface area contributed by atoms with Gasteiger partial charge in [0.2, 0.25) is 0 Å². The summed E-state index contributed by atoms with van der Waals surface area (Å²) in [6.45, 7) is 0. The van der Waals surface area contributed by atoms with E-state index in [0.29, 0.717) is 10.9 Å². The van der Waals surface area contributed by atoms with Crippen LogP contribution < -0.4 is 0 Å². The Morgan fingerprint density at radius 2 is 0.906 bits per heavy atom. The van der Waals surface area contributed by atoms with E-state index in [1.54, 1.807) is 0 Å². The first-order chi connectivity index (χ1) is 15.9. The molecule has 4 aromatic rings. The van der Waals surface area contributed by atoms with Gasteiger partial charge in [-0.05, 0) is 0 Å². The van der Waals surface area contributed by atoms with E-state index in [1.165, 1.54) is 33.4 Å². The molecule has 2 atom stereocenters. The van der Waals surface area contributed by atoms with Crippen LogP contribution in [0.3, 0.4) is 0 Å². The van der Waals surface area contributed by atoms with E-state index in [-0.39, 0.29) is 2.85 Å². The van der Waals surface area contributed by atoms with Crippen molar-refractivity contribution in [1.82, 2.24) is 0 Å². The third-order valence-electron chi connectivity index (χ3n) is 6.92. The van der Waals surface area contributed by atoms with E-state index in [2.05, 4.69) is 133 Å². The summed E-state index contributed by atoms with van der Waals surface area (Å²) in [6, 6.07) is 40.6. The monoisotopic (exact) mass is 489 g/mol. The van der Waals surface area contributed by atoms with Crippen LogP contribution in [0.5, 0.6) is 0 Å². The van der Waals surface area contributed by atoms with Crippen LogP contribution in [0.4, 0.5) is 0 Å². The van der Waals surface area contributed by atoms with Gasteiger partial charge in [0, 0.05) is 0 Å². The molecule has 0 radical (unpaired) electrons. The van der Waals surface area contributed by atoms with Crippen LogP contribution in [0.15, 0.2) is 121 Å². The van der Waals surface area contributed by atoms with Gasteiger partial charge in [-0.3, -0.25) is 0 Å². The van der Waals surface area contributed by atoms with Crippen LogP contribution in [0.25, 0.3) is 12.2 Å². The molecule has 0 aliphatic heterocycles. The van der Waals surface area contributed by atoms with Crippen molar-refractivity contribution in [1.29, 1.82) is 0 Å². The second-order valence-corrected chi connectivity index (χ2v) is 15.6. The van der Waals surface area contributed by atoms with E-state index in [9.17, 15) is 0 Å². The van der Waals surface area contributed by atoms with E-state index in [0.717, 1.165) is 0 Å². The predicted octanol–water partition coefficient (Wildman–Crippen LogP) is 8.16. The van der Waals surface area contributed by atoms with Crippen molar-refractivity contribution in [3.8, 4) is 0 Å². The van der Waals surface area contributed by atoms with Crippen LogP contribution in [0, 0.1) is 0 Å². The first-order valence-corrected chi connectivity index (χ1v) is 15.7. The number of allylic oxidation sites excluding steroid dienone is 2. The average Bonchev–Trinajstić information content (AvgIpc) is 3.48. The van der Waals surface area contributed by atoms with Crippen LogP contribution >= 0.6 is 0 Å². The molecule has 2 unspecified atom stereocenters. The maximum atomic E-state index is 2.53. The van der Waals surface area contributed by atoms with Crippen LogP contribution in [0.1, 0.15) is 47.1 Å². The molecule has 0 fully saturated rings. The summed E-state index contributed by atoms with van der Waals surface area (Å²) < 4.78 is 1.60. The minimum atomic E-state index is -2.36. The van der Waals surface area contributed by atoms with E-state index < -0.39 is 21.8 Å². The standard InChI is InChI=1S/C13H11.2C9H7.Zr.2H/c1-3-7-12(8-4-1)11-13-9-5-2-6-10-13;2*1-2-5-9-7-3-6-8(9)4-1;;;/h1-11H;2*1-7H;;;/q;;;+2;2*-1. The van der Waals surface area contributed by atoms with E-state index >= 15 is 0 Å². The maximum Gasteiger partial charge on any atom is -1.00 e. The van der Waals surface area contributed by atoms with Gasteiger partial charge in [-0.15, -0.1) is 0 Å². The number of hydrogen-bond donors (Lipinski definition) is 0. The molecule has 2 aliphatic carbocycles. The molecule has 2 aliphatic rings. The molecule has 0 nitrogen and oxygen atoms in total. The maximum absolute atomic E-state index is 2.53. The fourth-order valence-corrected chi connectivity index (χ4v) is 15.7. The van der Waals surface area contributed by atoms with Crippen molar-refractivity contribution >= 4 is 12.2 Å². The zero-order chi connectivity index (χ0) is 21.3. The topological polar surface area (TPSA) is 0 Å². The molecular formula is C31H27Zr. The molecule has 0 saturated heterocycles. The predicted molar refractivity (Wildman–Crippen MR) is 133 cm³/mol. The van der Waals surface area contributed by atoms with Gasteiger partial charge in [0.25, 0.3) is 0 Å². The molecule has 0 heterocycles. The molecule has 0 spiro atoms. The van der Waals surface area contributed by atoms with Crippen molar-refractivity contribution in [2.75, 3.05) is 0 Å². The Kier molecular flexibility index (Phi) is 5.37. The van der Waals surface area contributed by atoms with Crippen molar-refractivity contribution in [2.45, 2.75) is 10.9 Å². The van der Waals surface area contributed by atoms with Crippen LogP contribution in [0.2, 0.25) is 0 Å². The van der Waals surface area contributed by atoms with E-state index in [1.807, 2.05) is 0 Å². The fraction of sp³-hybridized carbons (Fsp3) is 0.0968. The number of fused-ring (bicyclic) bond motifs is 2. The minimum absolute atomic E-state index is 0. The quantitative estimate of drug-likeness (QED) is 0.265. The summed E-state index contributed by atoms with van der Waals surface area (Å²) in [5, 5.41) is 0. The molecule has 4 aromatic carbocycles. The molecule has 6 rings (SSSR count). The molecule has 1 heteroatoms. The molecular weight excluding hydrogens is 464 g/mol. The first-order valence-electron chi connectivity index (χ1n) is 11.4. The third kappa shape index (κ3) is 3.50. The van der Waals surface area contributed by atoms with Gasteiger partial charge in [-0.1, -0.05) is 0 Å². The number of benzene rings is 4. The zero-order valence-corrected chi connectivity index (χ0v) is 20.4. The van der Waals surface area contributed by atoms with Crippen LogP contribution in [-0.2, 0) is 21.8 Å². The molecule has 0 saturated carbocycles. The molecule has 0 N–H and O–H groups in total. The molecule has 0 bridgehead atoms. The molecule has 0 aromatic heterocycles. The van der Waals surface area contributed by atoms with Gasteiger partial charge in [0.1, 0.15) is 0 Å². The summed E-state index contributed by atoms with van der Waals surface area (Å²) in [5.74, 6) is 0. The minimum Gasteiger partial charge on any atom is -1.00 e. The Balaban J connectivity index is 0.00000137. The van der Waals surface area contributed by atoms with Crippen molar-refractivity contribution < 1.29 is 24.6 Å². The summed E-state index contributed by atoms with van der Waals surface area (Å²) >= 11 is -2.36. The molecule has 155 valence electrons. The summed E-state index contributed by atoms with van der Waals surface area (Å²) in [4.78, 5) is 0. The van der Waals surface area contributed by atoms with Gasteiger partial charge in [-0.2, -0.15) is 0 Å². The normalized spacial score (nSPS) is 18.0. The number of hydrogen-bond acceptors (Lipinski definition) is 0. The molecule has 32 heavy (non-hydrogen) atoms. The summed E-state index contributed by atoms with van der Waals surface area (Å²) in [5.41, 5.74) is 8.84.